The van der Waals surface area contributed by atoms with Gasteiger partial charge >= 0.3 is 0 Å². The Labute approximate surface area is 91.3 Å². The van der Waals surface area contributed by atoms with E-state index in [2.05, 4.69) is 42.4 Å². The molecule has 3 rings (SSSR count). The maximum atomic E-state index is 3.59. The highest BCUT2D eigenvalue weighted by atomic mass is 15.1. The highest BCUT2D eigenvalue weighted by Gasteiger charge is 2.32. The molecule has 2 nitrogen and oxygen atoms in total. The number of benzene rings is 1. The summed E-state index contributed by atoms with van der Waals surface area (Å²) < 4.78 is 0. The van der Waals surface area contributed by atoms with Crippen LogP contribution in [0.1, 0.15) is 18.9 Å². The van der Waals surface area contributed by atoms with E-state index in [4.69, 9.17) is 0 Å². The van der Waals surface area contributed by atoms with E-state index in [0.717, 1.165) is 12.0 Å². The maximum Gasteiger partial charge on any atom is 0.0398 e. The van der Waals surface area contributed by atoms with Crippen LogP contribution < -0.4 is 10.2 Å². The number of rotatable bonds is 2. The molecule has 1 fully saturated rings. The predicted octanol–water partition coefficient (Wildman–Crippen LogP) is 2.50. The smallest absolute Gasteiger partial charge is 0.0398 e. The third-order valence-electron chi connectivity index (χ3n) is 3.67. The Hall–Kier alpha value is -1.18. The Kier molecular flexibility index (Phi) is 1.91. The van der Waals surface area contributed by atoms with Crippen LogP contribution in [0.4, 0.5) is 11.4 Å². The zero-order valence-electron chi connectivity index (χ0n) is 9.46. The second-order valence-electron chi connectivity index (χ2n) is 4.98. The average Bonchev–Trinajstić information content (AvgIpc) is 2.77. The van der Waals surface area contributed by atoms with Crippen molar-refractivity contribution in [3.63, 3.8) is 0 Å². The molecule has 0 aromatic heterocycles. The first-order valence-corrected chi connectivity index (χ1v) is 5.84. The fourth-order valence-corrected chi connectivity index (χ4v) is 2.39. The molecule has 2 atom stereocenters. The first kappa shape index (κ1) is 9.08. The molecule has 1 aromatic carbocycles. The van der Waals surface area contributed by atoms with Gasteiger partial charge in [0.2, 0.25) is 0 Å². The van der Waals surface area contributed by atoms with Gasteiger partial charge in [-0.2, -0.15) is 0 Å². The van der Waals surface area contributed by atoms with Crippen LogP contribution in [0.5, 0.6) is 0 Å². The molecule has 2 aliphatic rings. The summed E-state index contributed by atoms with van der Waals surface area (Å²) in [7, 11) is 2.17. The summed E-state index contributed by atoms with van der Waals surface area (Å²) in [5.41, 5.74) is 4.21. The van der Waals surface area contributed by atoms with Crippen molar-refractivity contribution >= 4 is 11.4 Å². The molecule has 1 N–H and O–H groups in total. The quantitative estimate of drug-likeness (QED) is 0.792. The number of hydrogen-bond donors (Lipinski definition) is 1. The molecule has 2 heteroatoms. The fraction of sp³-hybridized carbons (Fsp3) is 0.538. The molecule has 1 aliphatic heterocycles. The molecule has 1 aromatic rings. The number of fused-ring (bicyclic) bond motifs is 1. The SMILES string of the molecule is CC1CC1Nc1ccc2c(c1)CCN2C. The molecule has 0 spiro atoms. The molecular weight excluding hydrogens is 184 g/mol. The van der Waals surface area contributed by atoms with Crippen LogP contribution in [0.25, 0.3) is 0 Å². The van der Waals surface area contributed by atoms with Gasteiger partial charge in [-0.1, -0.05) is 6.92 Å². The van der Waals surface area contributed by atoms with E-state index in [0.29, 0.717) is 0 Å². The van der Waals surface area contributed by atoms with E-state index < -0.39 is 0 Å². The van der Waals surface area contributed by atoms with Crippen molar-refractivity contribution in [1.29, 1.82) is 0 Å². The van der Waals surface area contributed by atoms with Crippen LogP contribution in [0.15, 0.2) is 18.2 Å². The van der Waals surface area contributed by atoms with Crippen molar-refractivity contribution in [2.75, 3.05) is 23.8 Å². The van der Waals surface area contributed by atoms with Gasteiger partial charge in [-0.15, -0.1) is 0 Å². The van der Waals surface area contributed by atoms with Crippen molar-refractivity contribution in [1.82, 2.24) is 0 Å². The minimum atomic E-state index is 0.724. The van der Waals surface area contributed by atoms with Crippen LogP contribution >= 0.6 is 0 Å². The molecule has 0 saturated heterocycles. The van der Waals surface area contributed by atoms with Gasteiger partial charge in [0, 0.05) is 31.0 Å². The van der Waals surface area contributed by atoms with Crippen molar-refractivity contribution in [3.8, 4) is 0 Å². The second-order valence-corrected chi connectivity index (χ2v) is 4.98. The summed E-state index contributed by atoms with van der Waals surface area (Å²) >= 11 is 0. The summed E-state index contributed by atoms with van der Waals surface area (Å²) in [4.78, 5) is 2.33. The van der Waals surface area contributed by atoms with E-state index in [1.54, 1.807) is 0 Å². The molecule has 2 unspecified atom stereocenters. The molecular formula is C13H18N2. The van der Waals surface area contributed by atoms with Crippen molar-refractivity contribution in [3.05, 3.63) is 23.8 Å². The molecule has 1 saturated carbocycles. The number of nitrogens with one attached hydrogen (secondary N) is 1. The van der Waals surface area contributed by atoms with Gasteiger partial charge in [0.15, 0.2) is 0 Å². The van der Waals surface area contributed by atoms with Crippen LogP contribution in [-0.4, -0.2) is 19.6 Å². The van der Waals surface area contributed by atoms with Crippen molar-refractivity contribution < 1.29 is 0 Å². The molecule has 1 heterocycles. The predicted molar refractivity (Wildman–Crippen MR) is 64.6 cm³/mol. The number of anilines is 2. The van der Waals surface area contributed by atoms with Gasteiger partial charge < -0.3 is 10.2 Å². The van der Waals surface area contributed by atoms with Crippen LogP contribution in [-0.2, 0) is 6.42 Å². The minimum absolute atomic E-state index is 0.724. The molecule has 1 aliphatic carbocycles. The summed E-state index contributed by atoms with van der Waals surface area (Å²) in [6, 6.07) is 7.51. The largest absolute Gasteiger partial charge is 0.382 e. The minimum Gasteiger partial charge on any atom is -0.382 e. The summed E-state index contributed by atoms with van der Waals surface area (Å²) in [6.45, 7) is 3.47. The lowest BCUT2D eigenvalue weighted by molar-refractivity contribution is 0.929. The highest BCUT2D eigenvalue weighted by molar-refractivity contribution is 5.64. The molecule has 15 heavy (non-hydrogen) atoms. The first-order chi connectivity index (χ1) is 7.24. The van der Waals surface area contributed by atoms with Gasteiger partial charge in [0.1, 0.15) is 0 Å². The number of hydrogen-bond acceptors (Lipinski definition) is 2. The molecule has 0 bridgehead atoms. The highest BCUT2D eigenvalue weighted by Crippen LogP contribution is 2.35. The standard InChI is InChI=1S/C13H18N2/c1-9-7-12(9)14-11-3-4-13-10(8-11)5-6-15(13)2/h3-4,8-9,12,14H,5-7H2,1-2H3. The monoisotopic (exact) mass is 202 g/mol. The lowest BCUT2D eigenvalue weighted by Crippen LogP contribution is -2.12. The Morgan fingerprint density at radius 1 is 1.40 bits per heavy atom. The van der Waals surface area contributed by atoms with Crippen LogP contribution in [0.3, 0.4) is 0 Å². The van der Waals surface area contributed by atoms with Gasteiger partial charge in [-0.05, 0) is 42.5 Å². The Bertz CT molecular complexity index is 386. The second kappa shape index (κ2) is 3.16. The summed E-state index contributed by atoms with van der Waals surface area (Å²) in [6.07, 6.45) is 2.53. The van der Waals surface area contributed by atoms with E-state index in [-0.39, 0.29) is 0 Å². The lowest BCUT2D eigenvalue weighted by atomic mass is 10.1. The van der Waals surface area contributed by atoms with Gasteiger partial charge in [-0.25, -0.2) is 0 Å². The van der Waals surface area contributed by atoms with E-state index >= 15 is 0 Å². The normalized spacial score (nSPS) is 27.7. The number of likely N-dealkylation sites (N-methyl/N-ethyl adjacent to an activating group) is 1. The van der Waals surface area contributed by atoms with Gasteiger partial charge in [0.05, 0.1) is 0 Å². The zero-order valence-corrected chi connectivity index (χ0v) is 9.46. The van der Waals surface area contributed by atoms with E-state index in [1.165, 1.54) is 36.3 Å². The lowest BCUT2D eigenvalue weighted by Gasteiger charge is -2.12. The summed E-state index contributed by atoms with van der Waals surface area (Å²) in [5.74, 6) is 0.862. The van der Waals surface area contributed by atoms with Crippen LogP contribution in [0, 0.1) is 5.92 Å². The molecule has 0 amide bonds. The summed E-state index contributed by atoms with van der Waals surface area (Å²) in [5, 5.41) is 3.59. The molecule has 80 valence electrons. The van der Waals surface area contributed by atoms with Crippen molar-refractivity contribution in [2.45, 2.75) is 25.8 Å². The Balaban J connectivity index is 1.80. The Morgan fingerprint density at radius 3 is 2.93 bits per heavy atom. The maximum absolute atomic E-state index is 3.59. The first-order valence-electron chi connectivity index (χ1n) is 5.84. The third kappa shape index (κ3) is 1.58. The fourth-order valence-electron chi connectivity index (χ4n) is 2.39. The zero-order chi connectivity index (χ0) is 10.4. The van der Waals surface area contributed by atoms with E-state index in [9.17, 15) is 0 Å². The third-order valence-corrected chi connectivity index (χ3v) is 3.67. The average molecular weight is 202 g/mol. The van der Waals surface area contributed by atoms with Gasteiger partial charge in [0.25, 0.3) is 0 Å². The molecule has 0 radical (unpaired) electrons. The Morgan fingerprint density at radius 2 is 2.20 bits per heavy atom. The number of nitrogens with zero attached hydrogens (tertiary/aromatic N) is 1. The topological polar surface area (TPSA) is 15.3 Å². The van der Waals surface area contributed by atoms with Crippen LogP contribution in [0.2, 0.25) is 0 Å². The van der Waals surface area contributed by atoms with Crippen molar-refractivity contribution in [2.24, 2.45) is 5.92 Å². The van der Waals surface area contributed by atoms with E-state index in [1.807, 2.05) is 0 Å². The van der Waals surface area contributed by atoms with Gasteiger partial charge in [-0.3, -0.25) is 0 Å².